The molecule has 0 spiro atoms. The first-order valence-corrected chi connectivity index (χ1v) is 15.0. The minimum Gasteiger partial charge on any atom is -0.394 e. The van der Waals surface area contributed by atoms with Crippen molar-refractivity contribution >= 4 is 5.91 Å². The number of rotatable bonds is 26. The maximum Gasteiger partial charge on any atom is 0.222 e. The highest BCUT2D eigenvalue weighted by Gasteiger charge is 2.20. The predicted molar refractivity (Wildman–Crippen MR) is 148 cm³/mol. The Balaban J connectivity index is 3.81. The van der Waals surface area contributed by atoms with E-state index in [-0.39, 0.29) is 18.9 Å². The highest BCUT2D eigenvalue weighted by atomic mass is 16.3. The zero-order valence-corrected chi connectivity index (χ0v) is 23.2. The van der Waals surface area contributed by atoms with Crippen molar-refractivity contribution in [2.45, 2.75) is 167 Å². The summed E-state index contributed by atoms with van der Waals surface area (Å²) in [6, 6.07) is -0.734. The minimum atomic E-state index is -0.919. The van der Waals surface area contributed by atoms with Crippen LogP contribution in [0.4, 0.5) is 0 Å². The fourth-order valence-electron chi connectivity index (χ4n) is 4.45. The van der Waals surface area contributed by atoms with Gasteiger partial charge in [-0.15, -0.1) is 0 Å². The van der Waals surface area contributed by atoms with Crippen molar-refractivity contribution in [3.8, 4) is 0 Å². The molecule has 0 fully saturated rings. The number of carbonyl (C=O) groups excluding carboxylic acids is 1. The number of aliphatic hydroxyl groups excluding tert-OH is 3. The fraction of sp³-hybridized carbons (Fsp3) is 0.900. The minimum absolute atomic E-state index is 0.0166. The Morgan fingerprint density at radius 1 is 0.714 bits per heavy atom. The summed E-state index contributed by atoms with van der Waals surface area (Å²) in [5, 5.41) is 32.7. The molecule has 0 aromatic heterocycles. The summed E-state index contributed by atoms with van der Waals surface area (Å²) in [5.41, 5.74) is 0. The van der Waals surface area contributed by atoms with Gasteiger partial charge < -0.3 is 20.6 Å². The number of amides is 1. The molecule has 0 aromatic rings. The fourth-order valence-corrected chi connectivity index (χ4v) is 4.45. The van der Waals surface area contributed by atoms with Crippen LogP contribution in [0.2, 0.25) is 0 Å². The number of carbonyl (C=O) groups is 1. The number of allylic oxidation sites excluding steroid dienone is 1. The van der Waals surface area contributed by atoms with Crippen LogP contribution in [0.1, 0.15) is 149 Å². The average molecular weight is 498 g/mol. The quantitative estimate of drug-likeness (QED) is 0.0767. The van der Waals surface area contributed by atoms with Gasteiger partial charge in [0, 0.05) is 0 Å². The second kappa shape index (κ2) is 26.2. The zero-order valence-electron chi connectivity index (χ0n) is 23.2. The molecule has 208 valence electrons. The summed E-state index contributed by atoms with van der Waals surface area (Å²) in [4.78, 5) is 12.2. The van der Waals surface area contributed by atoms with Crippen LogP contribution < -0.4 is 5.32 Å². The summed E-state index contributed by atoms with van der Waals surface area (Å²) in [7, 11) is 0. The van der Waals surface area contributed by atoms with Gasteiger partial charge in [-0.05, 0) is 19.3 Å². The lowest BCUT2D eigenvalue weighted by molar-refractivity contribution is -0.124. The Hall–Kier alpha value is -0.910. The second-order valence-corrected chi connectivity index (χ2v) is 10.4. The van der Waals surface area contributed by atoms with Gasteiger partial charge in [-0.25, -0.2) is 0 Å². The number of hydrogen-bond donors (Lipinski definition) is 4. The van der Waals surface area contributed by atoms with E-state index in [1.54, 1.807) is 6.08 Å². The van der Waals surface area contributed by atoms with Gasteiger partial charge in [0.15, 0.2) is 0 Å². The maximum atomic E-state index is 12.2. The van der Waals surface area contributed by atoms with Crippen LogP contribution in [0.15, 0.2) is 12.2 Å². The standard InChI is InChI=1S/C30H59NO4/c1-3-5-7-9-11-13-14-16-17-19-21-23-27(33)25-30(35)31-28(26-32)29(34)24-22-20-18-15-12-10-8-6-4-2/h22,24,27-29,32-34H,3-21,23,25-26H2,1-2H3,(H,31,35)/b24-22+. The van der Waals surface area contributed by atoms with Crippen molar-refractivity contribution in [3.63, 3.8) is 0 Å². The normalized spacial score (nSPS) is 14.3. The molecule has 0 saturated carbocycles. The van der Waals surface area contributed by atoms with E-state index in [9.17, 15) is 20.1 Å². The van der Waals surface area contributed by atoms with Crippen molar-refractivity contribution < 1.29 is 20.1 Å². The SMILES string of the molecule is CCCCCCCCC/C=C/C(O)C(CO)NC(=O)CC(O)CCCCCCCCCCCCC. The molecule has 0 aliphatic rings. The van der Waals surface area contributed by atoms with E-state index >= 15 is 0 Å². The van der Waals surface area contributed by atoms with E-state index in [4.69, 9.17) is 0 Å². The molecule has 35 heavy (non-hydrogen) atoms. The highest BCUT2D eigenvalue weighted by Crippen LogP contribution is 2.13. The van der Waals surface area contributed by atoms with Crippen molar-refractivity contribution in [1.29, 1.82) is 0 Å². The van der Waals surface area contributed by atoms with E-state index in [0.29, 0.717) is 6.42 Å². The molecule has 0 aliphatic carbocycles. The largest absolute Gasteiger partial charge is 0.394 e. The molecule has 3 atom stereocenters. The Bertz CT molecular complexity index is 483. The van der Waals surface area contributed by atoms with Gasteiger partial charge >= 0.3 is 0 Å². The number of hydrogen-bond acceptors (Lipinski definition) is 4. The molecule has 5 nitrogen and oxygen atoms in total. The maximum absolute atomic E-state index is 12.2. The zero-order chi connectivity index (χ0) is 26.0. The van der Waals surface area contributed by atoms with Gasteiger partial charge in [0.2, 0.25) is 5.91 Å². The molecule has 0 aromatic carbocycles. The molecule has 0 rings (SSSR count). The first-order valence-electron chi connectivity index (χ1n) is 15.0. The lowest BCUT2D eigenvalue weighted by Gasteiger charge is -2.21. The Kier molecular flexibility index (Phi) is 25.5. The summed E-state index contributed by atoms with van der Waals surface area (Å²) in [5.74, 6) is -0.320. The van der Waals surface area contributed by atoms with Gasteiger partial charge in [0.1, 0.15) is 0 Å². The molecule has 3 unspecified atom stereocenters. The Morgan fingerprint density at radius 2 is 1.17 bits per heavy atom. The monoisotopic (exact) mass is 497 g/mol. The molecule has 0 saturated heterocycles. The van der Waals surface area contributed by atoms with Gasteiger partial charge in [-0.3, -0.25) is 4.79 Å². The molecule has 5 heteroatoms. The van der Waals surface area contributed by atoms with Crippen LogP contribution in [-0.4, -0.2) is 46.1 Å². The number of aliphatic hydroxyl groups is 3. The topological polar surface area (TPSA) is 89.8 Å². The third kappa shape index (κ3) is 23.3. The van der Waals surface area contributed by atoms with Crippen molar-refractivity contribution in [2.75, 3.05) is 6.61 Å². The van der Waals surface area contributed by atoms with Gasteiger partial charge in [0.05, 0.1) is 31.3 Å². The van der Waals surface area contributed by atoms with Crippen LogP contribution >= 0.6 is 0 Å². The predicted octanol–water partition coefficient (Wildman–Crippen LogP) is 6.97. The number of unbranched alkanes of at least 4 members (excludes halogenated alkanes) is 17. The summed E-state index contributed by atoms with van der Waals surface area (Å²) in [6.45, 7) is 4.14. The third-order valence-electron chi connectivity index (χ3n) is 6.82. The summed E-state index contributed by atoms with van der Waals surface area (Å²) in [6.07, 6.45) is 26.1. The molecule has 0 radical (unpaired) electrons. The molecule has 0 heterocycles. The van der Waals surface area contributed by atoms with E-state index in [0.717, 1.165) is 25.7 Å². The van der Waals surface area contributed by atoms with Gasteiger partial charge in [-0.1, -0.05) is 135 Å². The van der Waals surface area contributed by atoms with E-state index in [1.165, 1.54) is 96.3 Å². The summed E-state index contributed by atoms with van der Waals surface area (Å²) < 4.78 is 0. The first-order chi connectivity index (χ1) is 17.0. The van der Waals surface area contributed by atoms with Gasteiger partial charge in [0.25, 0.3) is 0 Å². The van der Waals surface area contributed by atoms with Crippen LogP contribution in [0, 0.1) is 0 Å². The lowest BCUT2D eigenvalue weighted by atomic mass is 10.0. The Morgan fingerprint density at radius 3 is 1.66 bits per heavy atom. The molecule has 0 bridgehead atoms. The van der Waals surface area contributed by atoms with Crippen LogP contribution in [0.25, 0.3) is 0 Å². The van der Waals surface area contributed by atoms with Crippen molar-refractivity contribution in [3.05, 3.63) is 12.2 Å². The van der Waals surface area contributed by atoms with Crippen LogP contribution in [-0.2, 0) is 4.79 Å². The van der Waals surface area contributed by atoms with Crippen LogP contribution in [0.5, 0.6) is 0 Å². The molecule has 4 N–H and O–H groups in total. The molecular weight excluding hydrogens is 438 g/mol. The summed E-state index contributed by atoms with van der Waals surface area (Å²) >= 11 is 0. The van der Waals surface area contributed by atoms with Crippen LogP contribution in [0.3, 0.4) is 0 Å². The second-order valence-electron chi connectivity index (χ2n) is 10.4. The molecular formula is C30H59NO4. The first kappa shape index (κ1) is 34.1. The van der Waals surface area contributed by atoms with E-state index in [2.05, 4.69) is 19.2 Å². The average Bonchev–Trinajstić information content (AvgIpc) is 2.84. The van der Waals surface area contributed by atoms with Crippen molar-refractivity contribution in [1.82, 2.24) is 5.32 Å². The van der Waals surface area contributed by atoms with E-state index in [1.807, 2.05) is 6.08 Å². The van der Waals surface area contributed by atoms with Crippen molar-refractivity contribution in [2.24, 2.45) is 0 Å². The molecule has 0 aliphatic heterocycles. The molecule has 1 amide bonds. The third-order valence-corrected chi connectivity index (χ3v) is 6.82. The Labute approximate surface area is 217 Å². The van der Waals surface area contributed by atoms with E-state index < -0.39 is 18.2 Å². The number of nitrogens with one attached hydrogen (secondary N) is 1. The smallest absolute Gasteiger partial charge is 0.222 e. The van der Waals surface area contributed by atoms with Gasteiger partial charge in [-0.2, -0.15) is 0 Å². The lowest BCUT2D eigenvalue weighted by Crippen LogP contribution is -2.45. The highest BCUT2D eigenvalue weighted by molar-refractivity contribution is 5.76.